The third kappa shape index (κ3) is 5.80. The first-order valence-electron chi connectivity index (χ1n) is 8.57. The average molecular weight is 307 g/mol. The molecule has 3 nitrogen and oxygen atoms in total. The Morgan fingerprint density at radius 3 is 2.09 bits per heavy atom. The maximum Gasteiger partial charge on any atom is 0.254 e. The maximum atomic E-state index is 12.3. The van der Waals surface area contributed by atoms with Gasteiger partial charge in [0.2, 0.25) is 0 Å². The van der Waals surface area contributed by atoms with Crippen LogP contribution in [0.4, 0.5) is 0 Å². The molecule has 1 aliphatic rings. The van der Waals surface area contributed by atoms with Crippen molar-refractivity contribution in [2.75, 3.05) is 26.3 Å². The van der Waals surface area contributed by atoms with E-state index in [-0.39, 0.29) is 5.91 Å². The van der Waals surface area contributed by atoms with E-state index >= 15 is 0 Å². The molecule has 1 heterocycles. The molecule has 1 saturated heterocycles. The van der Waals surface area contributed by atoms with Gasteiger partial charge < -0.3 is 9.64 Å². The number of hydrogen-bond donors (Lipinski definition) is 0. The molecule has 0 saturated carbocycles. The zero-order chi connectivity index (χ0) is 17.1. The molecule has 0 aromatic heterocycles. The Morgan fingerprint density at radius 2 is 1.64 bits per heavy atom. The molecule has 3 heteroatoms. The van der Waals surface area contributed by atoms with Crippen LogP contribution in [-0.4, -0.2) is 37.1 Å². The topological polar surface area (TPSA) is 29.5 Å². The number of aryl methyl sites for hydroxylation is 1. The summed E-state index contributed by atoms with van der Waals surface area (Å²) in [6, 6.07) is 6.03. The molecule has 1 amide bonds. The Labute approximate surface area is 136 Å². The average Bonchev–Trinajstić information content (AvgIpc) is 2.58. The van der Waals surface area contributed by atoms with Crippen molar-refractivity contribution in [1.29, 1.82) is 0 Å². The van der Waals surface area contributed by atoms with Gasteiger partial charge >= 0.3 is 0 Å². The molecule has 1 aliphatic heterocycles. The highest BCUT2D eigenvalue weighted by molar-refractivity contribution is 5.94. The first-order valence-corrected chi connectivity index (χ1v) is 8.57. The van der Waals surface area contributed by atoms with E-state index < -0.39 is 0 Å². The largest absolute Gasteiger partial charge is 0.378 e. The monoisotopic (exact) mass is 307 g/mol. The summed E-state index contributed by atoms with van der Waals surface area (Å²) in [5.41, 5.74) is 3.30. The third-order valence-electron chi connectivity index (χ3n) is 3.44. The van der Waals surface area contributed by atoms with Crippen molar-refractivity contribution in [3.63, 3.8) is 0 Å². The highest BCUT2D eigenvalue weighted by Crippen LogP contribution is 2.20. The predicted octanol–water partition coefficient (Wildman–Crippen LogP) is 4.64. The Kier molecular flexibility index (Phi) is 10.6. The summed E-state index contributed by atoms with van der Waals surface area (Å²) in [5.74, 6) is 0.620. The molecule has 0 spiro atoms. The number of benzene rings is 1. The van der Waals surface area contributed by atoms with Crippen LogP contribution in [0.15, 0.2) is 18.2 Å². The molecule has 1 aromatic carbocycles. The molecule has 0 aliphatic carbocycles. The number of carbonyl (C=O) groups is 1. The summed E-state index contributed by atoms with van der Waals surface area (Å²) < 4.78 is 5.27. The lowest BCUT2D eigenvalue weighted by atomic mass is 9.96. The lowest BCUT2D eigenvalue weighted by molar-refractivity contribution is 0.0303. The number of rotatable bonds is 2. The summed E-state index contributed by atoms with van der Waals surface area (Å²) in [4.78, 5) is 14.2. The molecule has 1 fully saturated rings. The standard InChI is InChI=1S/C15H21NO2.2C2H6/c1-11(2)14-5-4-13(10-12(14)3)15(17)16-6-8-18-9-7-16;2*1-2/h4-5,10-11H,6-9H2,1-3H3;2*1-2H3. The van der Waals surface area contributed by atoms with Crippen LogP contribution in [-0.2, 0) is 4.74 Å². The van der Waals surface area contributed by atoms with Crippen LogP contribution in [0.1, 0.15) is 68.9 Å². The van der Waals surface area contributed by atoms with Gasteiger partial charge in [0, 0.05) is 18.7 Å². The fourth-order valence-electron chi connectivity index (χ4n) is 2.41. The van der Waals surface area contributed by atoms with E-state index in [2.05, 4.69) is 26.8 Å². The second-order valence-electron chi connectivity index (χ2n) is 5.13. The van der Waals surface area contributed by atoms with Crippen molar-refractivity contribution < 1.29 is 9.53 Å². The third-order valence-corrected chi connectivity index (χ3v) is 3.44. The molecule has 1 aromatic rings. The van der Waals surface area contributed by atoms with Gasteiger partial charge in [0.25, 0.3) is 5.91 Å². The summed E-state index contributed by atoms with van der Waals surface area (Å²) in [6.07, 6.45) is 0. The van der Waals surface area contributed by atoms with E-state index in [0.717, 1.165) is 5.56 Å². The van der Waals surface area contributed by atoms with Crippen LogP contribution < -0.4 is 0 Å². The Balaban J connectivity index is 0.00000102. The minimum absolute atomic E-state index is 0.122. The van der Waals surface area contributed by atoms with Crippen LogP contribution in [0.5, 0.6) is 0 Å². The van der Waals surface area contributed by atoms with Crippen molar-refractivity contribution >= 4 is 5.91 Å². The van der Waals surface area contributed by atoms with E-state index in [0.29, 0.717) is 32.2 Å². The number of carbonyl (C=O) groups excluding carboxylic acids is 1. The lowest BCUT2D eigenvalue weighted by Crippen LogP contribution is -2.40. The highest BCUT2D eigenvalue weighted by Gasteiger charge is 2.19. The number of nitrogens with zero attached hydrogens (tertiary/aromatic N) is 1. The summed E-state index contributed by atoms with van der Waals surface area (Å²) in [7, 11) is 0. The SMILES string of the molecule is CC.CC.Cc1cc(C(=O)N2CCOCC2)ccc1C(C)C. The van der Waals surface area contributed by atoms with Crippen LogP contribution in [0, 0.1) is 6.92 Å². The molecule has 0 radical (unpaired) electrons. The number of hydrogen-bond acceptors (Lipinski definition) is 2. The van der Waals surface area contributed by atoms with Crippen molar-refractivity contribution in [1.82, 2.24) is 4.90 Å². The van der Waals surface area contributed by atoms with Crippen molar-refractivity contribution in [2.24, 2.45) is 0 Å². The van der Waals surface area contributed by atoms with Gasteiger partial charge in [0.15, 0.2) is 0 Å². The van der Waals surface area contributed by atoms with Gasteiger partial charge in [-0.1, -0.05) is 47.6 Å². The molecular weight excluding hydrogens is 274 g/mol. The van der Waals surface area contributed by atoms with Crippen LogP contribution >= 0.6 is 0 Å². The Hall–Kier alpha value is -1.35. The van der Waals surface area contributed by atoms with Crippen LogP contribution in [0.25, 0.3) is 0 Å². The Bertz CT molecular complexity index is 435. The van der Waals surface area contributed by atoms with E-state index in [1.165, 1.54) is 11.1 Å². The van der Waals surface area contributed by atoms with Gasteiger partial charge in [-0.05, 0) is 36.1 Å². The minimum Gasteiger partial charge on any atom is -0.378 e. The van der Waals surface area contributed by atoms with Gasteiger partial charge in [0.1, 0.15) is 0 Å². The summed E-state index contributed by atoms with van der Waals surface area (Å²) in [6.45, 7) is 17.1. The smallest absolute Gasteiger partial charge is 0.254 e. The molecular formula is C19H33NO2. The normalized spacial score (nSPS) is 13.7. The lowest BCUT2D eigenvalue weighted by Gasteiger charge is -2.27. The first-order chi connectivity index (χ1) is 10.6. The Morgan fingerprint density at radius 1 is 1.09 bits per heavy atom. The van der Waals surface area contributed by atoms with E-state index in [4.69, 9.17) is 4.74 Å². The summed E-state index contributed by atoms with van der Waals surface area (Å²) >= 11 is 0. The zero-order valence-electron chi connectivity index (χ0n) is 15.4. The minimum atomic E-state index is 0.122. The molecule has 2 rings (SSSR count). The van der Waals surface area contributed by atoms with Crippen molar-refractivity contribution in [2.45, 2.75) is 54.4 Å². The summed E-state index contributed by atoms with van der Waals surface area (Å²) in [5, 5.41) is 0. The number of morpholine rings is 1. The van der Waals surface area contributed by atoms with Gasteiger partial charge in [-0.2, -0.15) is 0 Å². The first kappa shape index (κ1) is 20.6. The fraction of sp³-hybridized carbons (Fsp3) is 0.632. The second-order valence-corrected chi connectivity index (χ2v) is 5.13. The number of ether oxygens (including phenoxy) is 1. The highest BCUT2D eigenvalue weighted by atomic mass is 16.5. The molecule has 126 valence electrons. The second kappa shape index (κ2) is 11.2. The van der Waals surface area contributed by atoms with Crippen LogP contribution in [0.2, 0.25) is 0 Å². The molecule has 0 atom stereocenters. The predicted molar refractivity (Wildman–Crippen MR) is 94.7 cm³/mol. The van der Waals surface area contributed by atoms with E-state index in [9.17, 15) is 4.79 Å². The van der Waals surface area contributed by atoms with Gasteiger partial charge in [-0.15, -0.1) is 0 Å². The number of amides is 1. The van der Waals surface area contributed by atoms with Gasteiger partial charge in [-0.3, -0.25) is 4.79 Å². The molecule has 22 heavy (non-hydrogen) atoms. The van der Waals surface area contributed by atoms with Crippen LogP contribution in [0.3, 0.4) is 0 Å². The van der Waals surface area contributed by atoms with Crippen molar-refractivity contribution in [3.05, 3.63) is 34.9 Å². The van der Waals surface area contributed by atoms with Gasteiger partial charge in [0.05, 0.1) is 13.2 Å². The maximum absolute atomic E-state index is 12.3. The molecule has 0 N–H and O–H groups in total. The van der Waals surface area contributed by atoms with E-state index in [1.807, 2.05) is 44.7 Å². The van der Waals surface area contributed by atoms with Gasteiger partial charge in [-0.25, -0.2) is 0 Å². The molecule has 0 unspecified atom stereocenters. The van der Waals surface area contributed by atoms with E-state index in [1.54, 1.807) is 0 Å². The van der Waals surface area contributed by atoms with Crippen molar-refractivity contribution in [3.8, 4) is 0 Å². The fourth-order valence-corrected chi connectivity index (χ4v) is 2.41. The zero-order valence-corrected chi connectivity index (χ0v) is 15.4. The quantitative estimate of drug-likeness (QED) is 0.796. The molecule has 0 bridgehead atoms.